The minimum atomic E-state index is -0.0474. The summed E-state index contributed by atoms with van der Waals surface area (Å²) in [5, 5.41) is 6.00. The summed E-state index contributed by atoms with van der Waals surface area (Å²) in [5.41, 5.74) is 1.01. The van der Waals surface area contributed by atoms with Crippen LogP contribution in [0, 0.1) is 0 Å². The first-order chi connectivity index (χ1) is 12.2. The van der Waals surface area contributed by atoms with Crippen molar-refractivity contribution >= 4 is 23.2 Å². The summed E-state index contributed by atoms with van der Waals surface area (Å²) in [6.45, 7) is 3.90. The molecule has 0 aliphatic carbocycles. The molecule has 7 heteroatoms. The van der Waals surface area contributed by atoms with Gasteiger partial charge in [-0.15, -0.1) is 11.3 Å². The first-order valence-corrected chi connectivity index (χ1v) is 9.59. The minimum absolute atomic E-state index is 0.0474. The second kappa shape index (κ2) is 8.29. The molecule has 1 atom stereocenters. The summed E-state index contributed by atoms with van der Waals surface area (Å²) in [6, 6.07) is 3.44. The van der Waals surface area contributed by atoms with Crippen LogP contribution in [0.3, 0.4) is 0 Å². The molecule has 6 nitrogen and oxygen atoms in total. The van der Waals surface area contributed by atoms with Gasteiger partial charge < -0.3 is 14.6 Å². The van der Waals surface area contributed by atoms with Crippen LogP contribution in [0.2, 0.25) is 0 Å². The number of thiazole rings is 1. The second-order valence-corrected chi connectivity index (χ2v) is 7.09. The van der Waals surface area contributed by atoms with E-state index in [1.54, 1.807) is 23.5 Å². The van der Waals surface area contributed by atoms with E-state index in [0.717, 1.165) is 36.5 Å². The van der Waals surface area contributed by atoms with Gasteiger partial charge >= 0.3 is 0 Å². The molecule has 134 valence electrons. The smallest absolute Gasteiger partial charge is 0.289 e. The zero-order chi connectivity index (χ0) is 17.6. The van der Waals surface area contributed by atoms with Crippen LogP contribution in [-0.4, -0.2) is 41.3 Å². The molecule has 0 unspecified atom stereocenters. The molecule has 2 aromatic rings. The first kappa shape index (κ1) is 17.7. The molecule has 0 spiro atoms. The Hall–Kier alpha value is -2.15. The van der Waals surface area contributed by atoms with Gasteiger partial charge in [0.1, 0.15) is 0 Å². The average molecular weight is 361 g/mol. The van der Waals surface area contributed by atoms with Gasteiger partial charge in [-0.05, 0) is 25.0 Å². The highest BCUT2D eigenvalue weighted by atomic mass is 32.1. The molecule has 3 rings (SSSR count). The summed E-state index contributed by atoms with van der Waals surface area (Å²) in [4.78, 5) is 30.3. The second-order valence-electron chi connectivity index (χ2n) is 6.20. The fraction of sp³-hybridized carbons (Fsp3) is 0.500. The average Bonchev–Trinajstić information content (AvgIpc) is 3.33. The molecule has 1 aliphatic rings. The van der Waals surface area contributed by atoms with E-state index in [-0.39, 0.29) is 17.7 Å². The number of aromatic nitrogens is 1. The molecule has 1 saturated heterocycles. The highest BCUT2D eigenvalue weighted by Crippen LogP contribution is 2.30. The number of carbonyl (C=O) groups is 2. The molecule has 25 heavy (non-hydrogen) atoms. The van der Waals surface area contributed by atoms with Crippen molar-refractivity contribution in [2.45, 2.75) is 38.5 Å². The lowest BCUT2D eigenvalue weighted by molar-refractivity contribution is -0.120. The Labute approximate surface area is 151 Å². The first-order valence-electron chi connectivity index (χ1n) is 8.71. The molecule has 2 amide bonds. The highest BCUT2D eigenvalue weighted by molar-refractivity contribution is 7.09. The van der Waals surface area contributed by atoms with Crippen molar-refractivity contribution in [3.63, 3.8) is 0 Å². The standard InChI is InChI=1S/C18H23N3O3S/c1-2-16(22)19-8-7-14-12-25-17(20-14)13-5-3-9-21(11-13)18(23)15-6-4-10-24-15/h4,6,10,12-13H,2-3,5,7-9,11H2,1H3,(H,19,22)/t13-/m0/s1. The maximum Gasteiger partial charge on any atom is 0.289 e. The number of hydrogen-bond acceptors (Lipinski definition) is 5. The molecule has 3 heterocycles. The van der Waals surface area contributed by atoms with Crippen molar-refractivity contribution in [3.8, 4) is 0 Å². The van der Waals surface area contributed by atoms with E-state index in [1.165, 1.54) is 6.26 Å². The third-order valence-corrected chi connectivity index (χ3v) is 5.44. The van der Waals surface area contributed by atoms with Gasteiger partial charge in [-0.3, -0.25) is 9.59 Å². The lowest BCUT2D eigenvalue weighted by Gasteiger charge is -2.31. The third-order valence-electron chi connectivity index (χ3n) is 4.38. The Balaban J connectivity index is 1.56. The molecular weight excluding hydrogens is 338 g/mol. The van der Waals surface area contributed by atoms with E-state index in [9.17, 15) is 9.59 Å². The number of likely N-dealkylation sites (tertiary alicyclic amines) is 1. The van der Waals surface area contributed by atoms with Gasteiger partial charge in [0.25, 0.3) is 5.91 Å². The summed E-state index contributed by atoms with van der Waals surface area (Å²) in [5.74, 6) is 0.687. The lowest BCUT2D eigenvalue weighted by Crippen LogP contribution is -2.38. The largest absolute Gasteiger partial charge is 0.459 e. The number of amides is 2. The predicted octanol–water partition coefficient (Wildman–Crippen LogP) is 2.82. The maximum absolute atomic E-state index is 12.5. The molecule has 0 bridgehead atoms. The quantitative estimate of drug-likeness (QED) is 0.858. The topological polar surface area (TPSA) is 75.4 Å². The third kappa shape index (κ3) is 4.48. The Kier molecular flexibility index (Phi) is 5.86. The van der Waals surface area contributed by atoms with Crippen LogP contribution in [0.1, 0.15) is 53.4 Å². The van der Waals surface area contributed by atoms with Crippen molar-refractivity contribution in [3.05, 3.63) is 40.2 Å². The van der Waals surface area contributed by atoms with Crippen molar-refractivity contribution in [2.75, 3.05) is 19.6 Å². The van der Waals surface area contributed by atoms with Gasteiger partial charge in [-0.2, -0.15) is 0 Å². The van der Waals surface area contributed by atoms with E-state index >= 15 is 0 Å². The fourth-order valence-electron chi connectivity index (χ4n) is 3.00. The number of piperidine rings is 1. The molecule has 2 aromatic heterocycles. The van der Waals surface area contributed by atoms with E-state index in [1.807, 2.05) is 11.8 Å². The Morgan fingerprint density at radius 2 is 2.36 bits per heavy atom. The normalized spacial score (nSPS) is 17.5. The summed E-state index contributed by atoms with van der Waals surface area (Å²) < 4.78 is 5.23. The van der Waals surface area contributed by atoms with Crippen molar-refractivity contribution in [1.29, 1.82) is 0 Å². The molecule has 1 fully saturated rings. The molecule has 0 radical (unpaired) electrons. The van der Waals surface area contributed by atoms with E-state index < -0.39 is 0 Å². The number of rotatable bonds is 6. The SMILES string of the molecule is CCC(=O)NCCc1csc([C@H]2CCCN(C(=O)c3ccco3)C2)n1. The maximum atomic E-state index is 12.5. The summed E-state index contributed by atoms with van der Waals surface area (Å²) >= 11 is 1.65. The van der Waals surface area contributed by atoms with Crippen molar-refractivity contribution in [1.82, 2.24) is 15.2 Å². The number of carbonyl (C=O) groups excluding carboxylic acids is 2. The van der Waals surface area contributed by atoms with Crippen LogP contribution in [0.15, 0.2) is 28.2 Å². The van der Waals surface area contributed by atoms with Gasteiger partial charge in [-0.25, -0.2) is 4.98 Å². The van der Waals surface area contributed by atoms with Gasteiger partial charge in [0.15, 0.2) is 5.76 Å². The van der Waals surface area contributed by atoms with Gasteiger partial charge in [0, 0.05) is 43.8 Å². The zero-order valence-corrected chi connectivity index (χ0v) is 15.2. The Bertz CT molecular complexity index is 711. The number of furan rings is 1. The van der Waals surface area contributed by atoms with E-state index in [0.29, 0.717) is 25.3 Å². The molecular formula is C18H23N3O3S. The highest BCUT2D eigenvalue weighted by Gasteiger charge is 2.28. The van der Waals surface area contributed by atoms with Gasteiger partial charge in [0.2, 0.25) is 5.91 Å². The number of nitrogens with one attached hydrogen (secondary N) is 1. The molecule has 1 N–H and O–H groups in total. The van der Waals surface area contributed by atoms with Crippen LogP contribution < -0.4 is 5.32 Å². The Morgan fingerprint density at radius 3 is 3.12 bits per heavy atom. The summed E-state index contributed by atoms with van der Waals surface area (Å²) in [6.07, 6.45) is 4.78. The molecule has 0 aromatic carbocycles. The van der Waals surface area contributed by atoms with Gasteiger partial charge in [0.05, 0.1) is 17.0 Å². The monoisotopic (exact) mass is 361 g/mol. The summed E-state index contributed by atoms with van der Waals surface area (Å²) in [7, 11) is 0. The van der Waals surface area contributed by atoms with Crippen LogP contribution in [0.5, 0.6) is 0 Å². The van der Waals surface area contributed by atoms with E-state index in [4.69, 9.17) is 9.40 Å². The van der Waals surface area contributed by atoms with Crippen molar-refractivity contribution < 1.29 is 14.0 Å². The number of hydrogen-bond donors (Lipinski definition) is 1. The molecule has 0 saturated carbocycles. The van der Waals surface area contributed by atoms with Crippen LogP contribution in [0.25, 0.3) is 0 Å². The predicted molar refractivity (Wildman–Crippen MR) is 95.7 cm³/mol. The minimum Gasteiger partial charge on any atom is -0.459 e. The lowest BCUT2D eigenvalue weighted by atomic mass is 9.98. The zero-order valence-electron chi connectivity index (χ0n) is 14.4. The van der Waals surface area contributed by atoms with Crippen molar-refractivity contribution in [2.24, 2.45) is 0 Å². The molecule has 1 aliphatic heterocycles. The van der Waals surface area contributed by atoms with Crippen LogP contribution >= 0.6 is 11.3 Å². The fourth-order valence-corrected chi connectivity index (χ4v) is 3.98. The van der Waals surface area contributed by atoms with Crippen LogP contribution in [0.4, 0.5) is 0 Å². The number of nitrogens with zero attached hydrogens (tertiary/aromatic N) is 2. The van der Waals surface area contributed by atoms with Crippen LogP contribution in [-0.2, 0) is 11.2 Å². The van der Waals surface area contributed by atoms with E-state index in [2.05, 4.69) is 10.7 Å². The Morgan fingerprint density at radius 1 is 1.48 bits per heavy atom. The van der Waals surface area contributed by atoms with Gasteiger partial charge in [-0.1, -0.05) is 6.92 Å².